The topological polar surface area (TPSA) is 75.1 Å². The van der Waals surface area contributed by atoms with Crippen LogP contribution in [0.4, 0.5) is 15.8 Å². The Morgan fingerprint density at radius 2 is 2.00 bits per heavy atom. The van der Waals surface area contributed by atoms with Crippen molar-refractivity contribution in [3.05, 3.63) is 58.4 Å². The Hall–Kier alpha value is -2.54. The molecule has 0 aliphatic heterocycles. The lowest BCUT2D eigenvalue weighted by Gasteiger charge is -2.11. The fourth-order valence-electron chi connectivity index (χ4n) is 2.05. The molecule has 1 heterocycles. The summed E-state index contributed by atoms with van der Waals surface area (Å²) >= 11 is 3.17. The van der Waals surface area contributed by atoms with Crippen molar-refractivity contribution in [2.75, 3.05) is 5.32 Å². The summed E-state index contributed by atoms with van der Waals surface area (Å²) in [4.78, 5) is 11.4. The van der Waals surface area contributed by atoms with Crippen LogP contribution in [0.15, 0.2) is 47.1 Å². The zero-order valence-electron chi connectivity index (χ0n) is 11.0. The van der Waals surface area contributed by atoms with Crippen LogP contribution in [0.1, 0.15) is 10.4 Å². The second kappa shape index (κ2) is 5.69. The standard InChI is InChI=1S/C15H9BrFN3O2/c16-9-1-2-12(11(17)6-9)19-14-7-13-8(3-4-18-20-13)5-10(14)15(21)22/h1-7,19H,(H,21,22). The van der Waals surface area contributed by atoms with E-state index in [2.05, 4.69) is 31.4 Å². The van der Waals surface area contributed by atoms with Crippen molar-refractivity contribution in [2.45, 2.75) is 0 Å². The summed E-state index contributed by atoms with van der Waals surface area (Å²) < 4.78 is 14.5. The van der Waals surface area contributed by atoms with E-state index in [0.29, 0.717) is 15.4 Å². The Kier molecular flexibility index (Phi) is 3.72. The molecule has 0 radical (unpaired) electrons. The first-order chi connectivity index (χ1) is 10.5. The molecule has 0 saturated carbocycles. The summed E-state index contributed by atoms with van der Waals surface area (Å²) in [5.41, 5.74) is 0.978. The lowest BCUT2D eigenvalue weighted by molar-refractivity contribution is 0.0698. The molecule has 0 aliphatic carbocycles. The Morgan fingerprint density at radius 1 is 1.18 bits per heavy atom. The highest BCUT2D eigenvalue weighted by Gasteiger charge is 2.14. The normalized spacial score (nSPS) is 10.6. The second-order valence-electron chi connectivity index (χ2n) is 4.54. The minimum absolute atomic E-state index is 0.0304. The van der Waals surface area contributed by atoms with Crippen molar-refractivity contribution in [1.82, 2.24) is 10.2 Å². The van der Waals surface area contributed by atoms with Crippen molar-refractivity contribution >= 4 is 44.2 Å². The molecular weight excluding hydrogens is 353 g/mol. The number of carboxylic acid groups (broad SMARTS) is 1. The average molecular weight is 362 g/mol. The van der Waals surface area contributed by atoms with Gasteiger partial charge in [0.25, 0.3) is 0 Å². The molecule has 3 rings (SSSR count). The maximum Gasteiger partial charge on any atom is 0.337 e. The molecule has 0 unspecified atom stereocenters. The van der Waals surface area contributed by atoms with E-state index in [4.69, 9.17) is 0 Å². The number of hydrogen-bond acceptors (Lipinski definition) is 4. The molecule has 0 amide bonds. The van der Waals surface area contributed by atoms with E-state index in [1.54, 1.807) is 12.1 Å². The molecule has 0 saturated heterocycles. The second-order valence-corrected chi connectivity index (χ2v) is 5.46. The number of halogens is 2. The largest absolute Gasteiger partial charge is 0.478 e. The first-order valence-corrected chi connectivity index (χ1v) is 7.05. The van der Waals surface area contributed by atoms with E-state index in [0.717, 1.165) is 0 Å². The van der Waals surface area contributed by atoms with Gasteiger partial charge in [0, 0.05) is 9.86 Å². The summed E-state index contributed by atoms with van der Waals surface area (Å²) in [6, 6.07) is 9.15. The van der Waals surface area contributed by atoms with Crippen LogP contribution in [0.25, 0.3) is 10.9 Å². The molecule has 3 aromatic rings. The maximum absolute atomic E-state index is 13.9. The number of rotatable bonds is 3. The number of hydrogen-bond donors (Lipinski definition) is 2. The van der Waals surface area contributed by atoms with Gasteiger partial charge in [0.05, 0.1) is 28.7 Å². The van der Waals surface area contributed by atoms with E-state index >= 15 is 0 Å². The van der Waals surface area contributed by atoms with Crippen molar-refractivity contribution in [1.29, 1.82) is 0 Å². The third-order valence-corrected chi connectivity index (χ3v) is 3.58. The maximum atomic E-state index is 13.9. The number of carboxylic acids is 1. The zero-order valence-corrected chi connectivity index (χ0v) is 12.6. The molecule has 5 nitrogen and oxygen atoms in total. The molecule has 0 bridgehead atoms. The number of fused-ring (bicyclic) bond motifs is 1. The summed E-state index contributed by atoms with van der Waals surface area (Å²) in [6.45, 7) is 0. The summed E-state index contributed by atoms with van der Waals surface area (Å²) in [5, 5.41) is 20.5. The number of aromatic nitrogens is 2. The minimum Gasteiger partial charge on any atom is -0.478 e. The first kappa shape index (κ1) is 14.4. The molecule has 0 atom stereocenters. The van der Waals surface area contributed by atoms with Crippen LogP contribution < -0.4 is 5.32 Å². The summed E-state index contributed by atoms with van der Waals surface area (Å²) in [6.07, 6.45) is 1.48. The molecule has 7 heteroatoms. The molecule has 2 N–H and O–H groups in total. The van der Waals surface area contributed by atoms with Crippen LogP contribution in [-0.4, -0.2) is 21.3 Å². The third kappa shape index (κ3) is 2.75. The van der Waals surface area contributed by atoms with Crippen molar-refractivity contribution in [2.24, 2.45) is 0 Å². The van der Waals surface area contributed by atoms with Gasteiger partial charge in [-0.05, 0) is 36.4 Å². The molecule has 0 fully saturated rings. The Morgan fingerprint density at radius 3 is 2.73 bits per heavy atom. The number of aromatic carboxylic acids is 1. The fourth-order valence-corrected chi connectivity index (χ4v) is 2.38. The highest BCUT2D eigenvalue weighted by molar-refractivity contribution is 9.10. The van der Waals surface area contributed by atoms with Gasteiger partial charge in [-0.15, -0.1) is 0 Å². The van der Waals surface area contributed by atoms with Gasteiger partial charge in [-0.25, -0.2) is 9.18 Å². The predicted octanol–water partition coefficient (Wildman–Crippen LogP) is 3.97. The SMILES string of the molecule is O=C(O)c1cc2ccnnc2cc1Nc1ccc(Br)cc1F. The van der Waals surface area contributed by atoms with Gasteiger partial charge in [0.2, 0.25) is 0 Å². The predicted molar refractivity (Wildman–Crippen MR) is 83.9 cm³/mol. The van der Waals surface area contributed by atoms with E-state index in [-0.39, 0.29) is 16.9 Å². The number of nitrogens with zero attached hydrogens (tertiary/aromatic N) is 2. The fraction of sp³-hybridized carbons (Fsp3) is 0. The molecule has 110 valence electrons. The monoisotopic (exact) mass is 361 g/mol. The van der Waals surface area contributed by atoms with Crippen molar-refractivity contribution in [3.63, 3.8) is 0 Å². The zero-order chi connectivity index (χ0) is 15.7. The van der Waals surface area contributed by atoms with Gasteiger partial charge < -0.3 is 10.4 Å². The average Bonchev–Trinajstić information content (AvgIpc) is 2.49. The number of nitrogens with one attached hydrogen (secondary N) is 1. The number of benzene rings is 2. The highest BCUT2D eigenvalue weighted by Crippen LogP contribution is 2.28. The Balaban J connectivity index is 2.12. The van der Waals surface area contributed by atoms with Crippen LogP contribution in [0.2, 0.25) is 0 Å². The Bertz CT molecular complexity index is 886. The smallest absolute Gasteiger partial charge is 0.337 e. The van der Waals surface area contributed by atoms with Gasteiger partial charge in [0.15, 0.2) is 0 Å². The lowest BCUT2D eigenvalue weighted by atomic mass is 10.1. The summed E-state index contributed by atoms with van der Waals surface area (Å²) in [5.74, 6) is -1.61. The van der Waals surface area contributed by atoms with Gasteiger partial charge in [0.1, 0.15) is 5.82 Å². The van der Waals surface area contributed by atoms with E-state index in [1.807, 2.05) is 0 Å². The Labute approximate surface area is 132 Å². The van der Waals surface area contributed by atoms with E-state index in [9.17, 15) is 14.3 Å². The first-order valence-electron chi connectivity index (χ1n) is 6.25. The van der Waals surface area contributed by atoms with Crippen molar-refractivity contribution in [3.8, 4) is 0 Å². The lowest BCUT2D eigenvalue weighted by Crippen LogP contribution is -2.04. The molecule has 2 aromatic carbocycles. The van der Waals surface area contributed by atoms with E-state index in [1.165, 1.54) is 30.5 Å². The van der Waals surface area contributed by atoms with Gasteiger partial charge in [-0.2, -0.15) is 10.2 Å². The van der Waals surface area contributed by atoms with Crippen LogP contribution in [0.5, 0.6) is 0 Å². The van der Waals surface area contributed by atoms with E-state index < -0.39 is 11.8 Å². The molecular formula is C15H9BrFN3O2. The van der Waals surface area contributed by atoms with Crippen LogP contribution >= 0.6 is 15.9 Å². The van der Waals surface area contributed by atoms with Gasteiger partial charge in [-0.3, -0.25) is 0 Å². The summed E-state index contributed by atoms with van der Waals surface area (Å²) in [7, 11) is 0. The van der Waals surface area contributed by atoms with Crippen LogP contribution in [0.3, 0.4) is 0 Å². The quantitative estimate of drug-likeness (QED) is 0.737. The van der Waals surface area contributed by atoms with Crippen LogP contribution in [0, 0.1) is 5.82 Å². The van der Waals surface area contributed by atoms with Gasteiger partial charge in [-0.1, -0.05) is 15.9 Å². The molecule has 0 spiro atoms. The number of carbonyl (C=O) groups is 1. The third-order valence-electron chi connectivity index (χ3n) is 3.08. The van der Waals surface area contributed by atoms with Crippen molar-refractivity contribution < 1.29 is 14.3 Å². The molecule has 0 aliphatic rings. The highest BCUT2D eigenvalue weighted by atomic mass is 79.9. The molecule has 22 heavy (non-hydrogen) atoms. The minimum atomic E-state index is -1.11. The van der Waals surface area contributed by atoms with Gasteiger partial charge >= 0.3 is 5.97 Å². The molecule has 1 aromatic heterocycles. The number of anilines is 2. The van der Waals surface area contributed by atoms with Crippen LogP contribution in [-0.2, 0) is 0 Å².